The van der Waals surface area contributed by atoms with E-state index in [4.69, 9.17) is 10.8 Å². The molecule has 0 bridgehead atoms. The maximum Gasteiger partial charge on any atom is 0.305 e. The zero-order chi connectivity index (χ0) is 11.7. The van der Waals surface area contributed by atoms with Crippen molar-refractivity contribution in [2.75, 3.05) is 0 Å². The molecule has 84 valence electrons. The average molecular weight is 220 g/mol. The molecule has 16 heavy (non-hydrogen) atoms. The monoisotopic (exact) mass is 220 g/mol. The Morgan fingerprint density at radius 3 is 3.06 bits per heavy atom. The summed E-state index contributed by atoms with van der Waals surface area (Å²) >= 11 is 0. The number of rotatable bonds is 3. The molecule has 2 heterocycles. The van der Waals surface area contributed by atoms with E-state index >= 15 is 0 Å². The number of carboxylic acid groups (broad SMARTS) is 1. The highest BCUT2D eigenvalue weighted by molar-refractivity contribution is 5.67. The van der Waals surface area contributed by atoms with Gasteiger partial charge in [0.1, 0.15) is 11.5 Å². The molecule has 1 unspecified atom stereocenters. The van der Waals surface area contributed by atoms with Crippen molar-refractivity contribution in [1.82, 2.24) is 14.4 Å². The van der Waals surface area contributed by atoms with E-state index in [2.05, 4.69) is 9.97 Å². The number of hydrogen-bond donors (Lipinski definition) is 2. The summed E-state index contributed by atoms with van der Waals surface area (Å²) in [6, 6.07) is 1.17. The van der Waals surface area contributed by atoms with E-state index in [1.165, 1.54) is 0 Å². The quantitative estimate of drug-likeness (QED) is 0.786. The Morgan fingerprint density at radius 1 is 1.69 bits per heavy atom. The molecule has 0 aliphatic carbocycles. The van der Waals surface area contributed by atoms with Gasteiger partial charge in [-0.25, -0.2) is 9.97 Å². The Balaban J connectivity index is 2.39. The van der Waals surface area contributed by atoms with Crippen LogP contribution in [0.4, 0.5) is 0 Å². The van der Waals surface area contributed by atoms with Gasteiger partial charge in [0.15, 0.2) is 0 Å². The lowest BCUT2D eigenvalue weighted by Crippen LogP contribution is -2.15. The van der Waals surface area contributed by atoms with Crippen molar-refractivity contribution in [1.29, 1.82) is 0 Å². The Hall–Kier alpha value is -1.95. The van der Waals surface area contributed by atoms with Crippen molar-refractivity contribution in [2.24, 2.45) is 5.73 Å². The first kappa shape index (κ1) is 10.6. The van der Waals surface area contributed by atoms with Gasteiger partial charge in [0.2, 0.25) is 0 Å². The molecule has 0 spiro atoms. The van der Waals surface area contributed by atoms with E-state index in [-0.39, 0.29) is 6.42 Å². The number of hydrogen-bond acceptors (Lipinski definition) is 4. The van der Waals surface area contributed by atoms with Crippen LogP contribution in [-0.4, -0.2) is 25.4 Å². The van der Waals surface area contributed by atoms with Crippen molar-refractivity contribution in [3.63, 3.8) is 0 Å². The molecule has 2 rings (SSSR count). The van der Waals surface area contributed by atoms with Crippen LogP contribution in [0.25, 0.3) is 5.65 Å². The SMILES string of the molecule is Cc1nccc2nc(C(N)CC(=O)O)cn12. The number of carboxylic acids is 1. The van der Waals surface area contributed by atoms with Crippen molar-refractivity contribution >= 4 is 11.6 Å². The Labute approximate surface area is 91.7 Å². The molecule has 0 aliphatic rings. The van der Waals surface area contributed by atoms with Gasteiger partial charge in [-0.2, -0.15) is 0 Å². The second-order valence-electron chi connectivity index (χ2n) is 3.59. The minimum absolute atomic E-state index is 0.129. The third-order valence-corrected chi connectivity index (χ3v) is 2.36. The highest BCUT2D eigenvalue weighted by Crippen LogP contribution is 2.14. The second kappa shape index (κ2) is 3.90. The molecule has 2 aromatic heterocycles. The van der Waals surface area contributed by atoms with Gasteiger partial charge in [-0.15, -0.1) is 0 Å². The van der Waals surface area contributed by atoms with Crippen LogP contribution in [0.15, 0.2) is 18.5 Å². The fourth-order valence-electron chi connectivity index (χ4n) is 1.54. The molecule has 1 atom stereocenters. The number of aryl methyl sites for hydroxylation is 1. The number of imidazole rings is 1. The fourth-order valence-corrected chi connectivity index (χ4v) is 1.54. The van der Waals surface area contributed by atoms with Crippen LogP contribution in [0.3, 0.4) is 0 Å². The van der Waals surface area contributed by atoms with Crippen molar-refractivity contribution < 1.29 is 9.90 Å². The van der Waals surface area contributed by atoms with E-state index in [1.807, 2.05) is 6.92 Å². The maximum atomic E-state index is 10.5. The minimum Gasteiger partial charge on any atom is -0.481 e. The summed E-state index contributed by atoms with van der Waals surface area (Å²) in [5.74, 6) is -0.141. The molecule has 0 amide bonds. The largest absolute Gasteiger partial charge is 0.481 e. The van der Waals surface area contributed by atoms with E-state index in [1.54, 1.807) is 22.9 Å². The first-order valence-electron chi connectivity index (χ1n) is 4.86. The lowest BCUT2D eigenvalue weighted by Gasteiger charge is -2.03. The highest BCUT2D eigenvalue weighted by atomic mass is 16.4. The Kier molecular flexibility index (Phi) is 2.57. The zero-order valence-electron chi connectivity index (χ0n) is 8.79. The van der Waals surface area contributed by atoms with Crippen molar-refractivity contribution in [3.8, 4) is 0 Å². The topological polar surface area (TPSA) is 93.5 Å². The Morgan fingerprint density at radius 2 is 2.44 bits per heavy atom. The van der Waals surface area contributed by atoms with Crippen LogP contribution in [0.5, 0.6) is 0 Å². The number of carbonyl (C=O) groups is 1. The molecule has 0 radical (unpaired) electrons. The molecule has 0 aliphatic heterocycles. The third-order valence-electron chi connectivity index (χ3n) is 2.36. The van der Waals surface area contributed by atoms with Gasteiger partial charge >= 0.3 is 5.97 Å². The van der Waals surface area contributed by atoms with Gasteiger partial charge in [0, 0.05) is 12.4 Å². The summed E-state index contributed by atoms with van der Waals surface area (Å²) in [5, 5.41) is 8.65. The predicted molar refractivity (Wildman–Crippen MR) is 56.9 cm³/mol. The first-order chi connectivity index (χ1) is 7.58. The summed E-state index contributed by atoms with van der Waals surface area (Å²) in [6.45, 7) is 1.85. The normalized spacial score (nSPS) is 12.9. The first-order valence-corrected chi connectivity index (χ1v) is 4.86. The van der Waals surface area contributed by atoms with Gasteiger partial charge in [0.25, 0.3) is 0 Å². The van der Waals surface area contributed by atoms with Gasteiger partial charge in [0.05, 0.1) is 18.2 Å². The summed E-state index contributed by atoms with van der Waals surface area (Å²) in [4.78, 5) is 18.9. The Bertz CT molecular complexity index is 535. The molecule has 0 saturated heterocycles. The molecular formula is C10H12N4O2. The smallest absolute Gasteiger partial charge is 0.305 e. The van der Waals surface area contributed by atoms with Gasteiger partial charge in [-0.05, 0) is 13.0 Å². The van der Waals surface area contributed by atoms with Gasteiger partial charge in [-0.1, -0.05) is 0 Å². The molecule has 0 fully saturated rings. The van der Waals surface area contributed by atoms with Crippen LogP contribution in [-0.2, 0) is 4.79 Å². The lowest BCUT2D eigenvalue weighted by molar-refractivity contribution is -0.137. The van der Waals surface area contributed by atoms with Crippen LogP contribution in [0.1, 0.15) is 24.0 Å². The molecule has 0 aromatic carbocycles. The fraction of sp³-hybridized carbons (Fsp3) is 0.300. The van der Waals surface area contributed by atoms with Crippen LogP contribution in [0, 0.1) is 6.92 Å². The van der Waals surface area contributed by atoms with E-state index < -0.39 is 12.0 Å². The number of aromatic nitrogens is 3. The van der Waals surface area contributed by atoms with Crippen LogP contribution in [0.2, 0.25) is 0 Å². The summed E-state index contributed by atoms with van der Waals surface area (Å²) in [6.07, 6.45) is 3.26. The molecular weight excluding hydrogens is 208 g/mol. The molecule has 6 heteroatoms. The summed E-state index contributed by atoms with van der Waals surface area (Å²) in [5.41, 5.74) is 7.03. The summed E-state index contributed by atoms with van der Waals surface area (Å²) in [7, 11) is 0. The molecule has 2 aromatic rings. The number of aliphatic carboxylic acids is 1. The van der Waals surface area contributed by atoms with E-state index in [9.17, 15) is 4.79 Å². The second-order valence-corrected chi connectivity index (χ2v) is 3.59. The van der Waals surface area contributed by atoms with Crippen LogP contribution < -0.4 is 5.73 Å². The summed E-state index contributed by atoms with van der Waals surface area (Å²) < 4.78 is 1.79. The van der Waals surface area contributed by atoms with Gasteiger partial charge < -0.3 is 10.8 Å². The number of nitrogens with two attached hydrogens (primary N) is 1. The third kappa shape index (κ3) is 1.87. The lowest BCUT2D eigenvalue weighted by atomic mass is 10.2. The zero-order valence-corrected chi connectivity index (χ0v) is 8.79. The standard InChI is InChI=1S/C10H12N4O2/c1-6-12-3-2-9-13-8(5-14(6)9)7(11)4-10(15)16/h2-3,5,7H,4,11H2,1H3,(H,15,16). The minimum atomic E-state index is -0.931. The van der Waals surface area contributed by atoms with Crippen molar-refractivity contribution in [2.45, 2.75) is 19.4 Å². The molecule has 0 saturated carbocycles. The highest BCUT2D eigenvalue weighted by Gasteiger charge is 2.14. The number of nitrogens with zero attached hydrogens (tertiary/aromatic N) is 3. The van der Waals surface area contributed by atoms with Crippen LogP contribution >= 0.6 is 0 Å². The molecule has 6 nitrogen and oxygen atoms in total. The van der Waals surface area contributed by atoms with E-state index in [0.717, 1.165) is 11.5 Å². The van der Waals surface area contributed by atoms with E-state index in [0.29, 0.717) is 5.69 Å². The average Bonchev–Trinajstić information content (AvgIpc) is 2.61. The van der Waals surface area contributed by atoms with Crippen molar-refractivity contribution in [3.05, 3.63) is 30.0 Å². The number of fused-ring (bicyclic) bond motifs is 1. The predicted octanol–water partition coefficient (Wildman–Crippen LogP) is 0.512. The maximum absolute atomic E-state index is 10.5. The molecule has 3 N–H and O–H groups in total. The van der Waals surface area contributed by atoms with Gasteiger partial charge in [-0.3, -0.25) is 9.20 Å².